The van der Waals surface area contributed by atoms with Crippen molar-refractivity contribution in [2.45, 2.75) is 50.7 Å². The fourth-order valence-electron chi connectivity index (χ4n) is 3.06. The van der Waals surface area contributed by atoms with Gasteiger partial charge in [0.1, 0.15) is 5.82 Å². The van der Waals surface area contributed by atoms with Crippen molar-refractivity contribution >= 4 is 17.4 Å². The van der Waals surface area contributed by atoms with Crippen LogP contribution in [0.3, 0.4) is 0 Å². The molecule has 1 aromatic rings. The molecule has 1 aromatic heterocycles. The van der Waals surface area contributed by atoms with Gasteiger partial charge in [-0.2, -0.15) is 0 Å². The molecule has 3 heterocycles. The van der Waals surface area contributed by atoms with Gasteiger partial charge in [0.05, 0.1) is 12.2 Å². The summed E-state index contributed by atoms with van der Waals surface area (Å²) in [5, 5.41) is 0. The van der Waals surface area contributed by atoms with Gasteiger partial charge in [-0.25, -0.2) is 4.98 Å². The number of rotatable bonds is 4. The van der Waals surface area contributed by atoms with Crippen molar-refractivity contribution in [1.29, 1.82) is 0 Å². The zero-order chi connectivity index (χ0) is 13.2. The van der Waals surface area contributed by atoms with E-state index in [1.807, 2.05) is 0 Å². The fourth-order valence-corrected chi connectivity index (χ4v) is 3.21. The van der Waals surface area contributed by atoms with Crippen molar-refractivity contribution in [3.05, 3.63) is 23.4 Å². The average molecular weight is 281 g/mol. The van der Waals surface area contributed by atoms with Crippen LogP contribution < -0.4 is 4.90 Å². The van der Waals surface area contributed by atoms with Crippen LogP contribution in [0, 0.1) is 0 Å². The van der Waals surface area contributed by atoms with Crippen LogP contribution in [0.15, 0.2) is 12.1 Å². The number of fused-ring (bicyclic) bond motifs is 2. The molecule has 4 heteroatoms. The maximum absolute atomic E-state index is 6.01. The molecule has 19 heavy (non-hydrogen) atoms. The van der Waals surface area contributed by atoms with E-state index in [1.165, 1.54) is 18.4 Å². The molecule has 2 bridgehead atoms. The standard InChI is InChI=1S/C15H21ClN2O/c1-2-3-12-6-11(8-16)7-15(17-12)18-9-13-4-5-14(10-18)19-13/h6-7,13-14H,2-5,8-10H2,1H3. The van der Waals surface area contributed by atoms with E-state index in [0.717, 1.165) is 37.4 Å². The normalized spacial score (nSPS) is 25.9. The van der Waals surface area contributed by atoms with Gasteiger partial charge >= 0.3 is 0 Å². The van der Waals surface area contributed by atoms with Crippen molar-refractivity contribution in [2.75, 3.05) is 18.0 Å². The molecule has 2 aliphatic rings. The van der Waals surface area contributed by atoms with E-state index in [4.69, 9.17) is 21.3 Å². The SMILES string of the molecule is CCCc1cc(CCl)cc(N2CC3CCC(C2)O3)n1. The second kappa shape index (κ2) is 5.68. The van der Waals surface area contributed by atoms with E-state index in [2.05, 4.69) is 24.0 Å². The Bertz CT molecular complexity index is 440. The van der Waals surface area contributed by atoms with Gasteiger partial charge in [-0.3, -0.25) is 0 Å². The van der Waals surface area contributed by atoms with Crippen LogP contribution >= 0.6 is 11.6 Å². The van der Waals surface area contributed by atoms with Crippen molar-refractivity contribution in [2.24, 2.45) is 0 Å². The Kier molecular flexibility index (Phi) is 3.94. The molecule has 3 rings (SSSR count). The molecule has 0 N–H and O–H groups in total. The summed E-state index contributed by atoms with van der Waals surface area (Å²) in [6.07, 6.45) is 5.32. The summed E-state index contributed by atoms with van der Waals surface area (Å²) in [7, 11) is 0. The largest absolute Gasteiger partial charge is 0.371 e. The monoisotopic (exact) mass is 280 g/mol. The third kappa shape index (κ3) is 2.87. The topological polar surface area (TPSA) is 25.4 Å². The molecule has 0 radical (unpaired) electrons. The minimum Gasteiger partial charge on any atom is -0.371 e. The Morgan fingerprint density at radius 1 is 1.32 bits per heavy atom. The number of halogens is 1. The van der Waals surface area contributed by atoms with Gasteiger partial charge in [-0.1, -0.05) is 13.3 Å². The first kappa shape index (κ1) is 13.2. The summed E-state index contributed by atoms with van der Waals surface area (Å²) in [6, 6.07) is 4.27. The van der Waals surface area contributed by atoms with Crippen molar-refractivity contribution < 1.29 is 4.74 Å². The van der Waals surface area contributed by atoms with Crippen molar-refractivity contribution in [1.82, 2.24) is 4.98 Å². The lowest BCUT2D eigenvalue weighted by atomic mass is 10.1. The van der Waals surface area contributed by atoms with Crippen LogP contribution in [-0.2, 0) is 17.0 Å². The number of morpholine rings is 1. The van der Waals surface area contributed by atoms with Crippen LogP contribution in [0.2, 0.25) is 0 Å². The van der Waals surface area contributed by atoms with E-state index in [9.17, 15) is 0 Å². The molecular weight excluding hydrogens is 260 g/mol. The van der Waals surface area contributed by atoms with Gasteiger partial charge in [0.2, 0.25) is 0 Å². The Morgan fingerprint density at radius 3 is 2.68 bits per heavy atom. The molecule has 2 atom stereocenters. The Balaban J connectivity index is 1.84. The van der Waals surface area contributed by atoms with E-state index < -0.39 is 0 Å². The highest BCUT2D eigenvalue weighted by Gasteiger charge is 2.34. The average Bonchev–Trinajstić information content (AvgIpc) is 2.77. The zero-order valence-electron chi connectivity index (χ0n) is 11.4. The number of nitrogens with zero attached hydrogens (tertiary/aromatic N) is 2. The first-order valence-electron chi connectivity index (χ1n) is 7.24. The summed E-state index contributed by atoms with van der Waals surface area (Å²) in [6.45, 7) is 4.13. The molecule has 0 aliphatic carbocycles. The van der Waals surface area contributed by atoms with Gasteiger partial charge in [-0.15, -0.1) is 11.6 Å². The second-order valence-electron chi connectivity index (χ2n) is 5.57. The molecule has 2 fully saturated rings. The number of aryl methyl sites for hydroxylation is 1. The number of hydrogen-bond acceptors (Lipinski definition) is 3. The predicted molar refractivity (Wildman–Crippen MR) is 77.9 cm³/mol. The molecule has 0 spiro atoms. The molecule has 0 aromatic carbocycles. The maximum Gasteiger partial charge on any atom is 0.129 e. The van der Waals surface area contributed by atoms with Gasteiger partial charge in [0.15, 0.2) is 0 Å². The van der Waals surface area contributed by atoms with Crippen LogP contribution in [0.25, 0.3) is 0 Å². The minimum absolute atomic E-state index is 0.398. The minimum atomic E-state index is 0.398. The summed E-state index contributed by atoms with van der Waals surface area (Å²) in [5.41, 5.74) is 2.34. The molecule has 0 saturated carbocycles. The second-order valence-corrected chi connectivity index (χ2v) is 5.84. The smallest absolute Gasteiger partial charge is 0.129 e. The molecule has 3 nitrogen and oxygen atoms in total. The number of ether oxygens (including phenoxy) is 1. The van der Waals surface area contributed by atoms with Crippen LogP contribution in [0.1, 0.15) is 37.4 Å². The Labute approximate surface area is 119 Å². The molecule has 2 unspecified atom stereocenters. The van der Waals surface area contributed by atoms with E-state index in [0.29, 0.717) is 18.1 Å². The number of hydrogen-bond donors (Lipinski definition) is 0. The molecule has 0 amide bonds. The van der Waals surface area contributed by atoms with Crippen LogP contribution in [0.5, 0.6) is 0 Å². The molecular formula is C15H21ClN2O. The van der Waals surface area contributed by atoms with Crippen molar-refractivity contribution in [3.8, 4) is 0 Å². The highest BCUT2D eigenvalue weighted by atomic mass is 35.5. The lowest BCUT2D eigenvalue weighted by molar-refractivity contribution is 0.0302. The van der Waals surface area contributed by atoms with Gasteiger partial charge in [-0.05, 0) is 37.0 Å². The van der Waals surface area contributed by atoms with Crippen molar-refractivity contribution in [3.63, 3.8) is 0 Å². The number of aromatic nitrogens is 1. The first-order chi connectivity index (χ1) is 9.28. The van der Waals surface area contributed by atoms with E-state index >= 15 is 0 Å². The zero-order valence-corrected chi connectivity index (χ0v) is 12.2. The highest BCUT2D eigenvalue weighted by molar-refractivity contribution is 6.17. The summed E-state index contributed by atoms with van der Waals surface area (Å²) in [5.74, 6) is 1.64. The third-order valence-electron chi connectivity index (χ3n) is 3.95. The summed E-state index contributed by atoms with van der Waals surface area (Å²) >= 11 is 6.01. The first-order valence-corrected chi connectivity index (χ1v) is 7.78. The number of alkyl halides is 1. The highest BCUT2D eigenvalue weighted by Crippen LogP contribution is 2.29. The maximum atomic E-state index is 6.01. The predicted octanol–water partition coefficient (Wildman–Crippen LogP) is 3.14. The Morgan fingerprint density at radius 2 is 2.05 bits per heavy atom. The number of anilines is 1. The van der Waals surface area contributed by atoms with Gasteiger partial charge < -0.3 is 9.64 Å². The third-order valence-corrected chi connectivity index (χ3v) is 4.26. The van der Waals surface area contributed by atoms with E-state index in [1.54, 1.807) is 0 Å². The summed E-state index contributed by atoms with van der Waals surface area (Å²) < 4.78 is 5.89. The summed E-state index contributed by atoms with van der Waals surface area (Å²) in [4.78, 5) is 7.18. The van der Waals surface area contributed by atoms with Gasteiger partial charge in [0, 0.05) is 24.7 Å². The molecule has 2 saturated heterocycles. The lowest BCUT2D eigenvalue weighted by Gasteiger charge is -2.33. The van der Waals surface area contributed by atoms with E-state index in [-0.39, 0.29) is 0 Å². The van der Waals surface area contributed by atoms with Gasteiger partial charge in [0.25, 0.3) is 0 Å². The Hall–Kier alpha value is -0.800. The lowest BCUT2D eigenvalue weighted by Crippen LogP contribution is -2.43. The fraction of sp³-hybridized carbons (Fsp3) is 0.667. The van der Waals surface area contributed by atoms with Crippen LogP contribution in [0.4, 0.5) is 5.82 Å². The molecule has 2 aliphatic heterocycles. The van der Waals surface area contributed by atoms with Crippen LogP contribution in [-0.4, -0.2) is 30.3 Å². The molecule has 104 valence electrons. The quantitative estimate of drug-likeness (QED) is 0.793. The number of pyridine rings is 1.